The normalized spacial score (nSPS) is 25.7. The van der Waals surface area contributed by atoms with Crippen molar-refractivity contribution in [1.82, 2.24) is 9.80 Å². The molecule has 0 saturated carbocycles. The fourth-order valence-corrected chi connectivity index (χ4v) is 2.86. The van der Waals surface area contributed by atoms with Crippen LogP contribution in [0.3, 0.4) is 0 Å². The lowest BCUT2D eigenvalue weighted by molar-refractivity contribution is -0.159. The van der Waals surface area contributed by atoms with Crippen LogP contribution in [0, 0.1) is 5.92 Å². The van der Waals surface area contributed by atoms with Crippen LogP contribution >= 0.6 is 0 Å². The molecule has 1 saturated heterocycles. The summed E-state index contributed by atoms with van der Waals surface area (Å²) < 4.78 is 37.1. The Morgan fingerprint density at radius 2 is 2.14 bits per heavy atom. The van der Waals surface area contributed by atoms with E-state index in [-0.39, 0.29) is 24.8 Å². The highest BCUT2D eigenvalue weighted by atomic mass is 19.4. The smallest absolute Gasteiger partial charge is 0.334 e. The summed E-state index contributed by atoms with van der Waals surface area (Å²) in [4.78, 5) is 26.2. The topological polar surface area (TPSA) is 40.6 Å². The zero-order valence-electron chi connectivity index (χ0n) is 11.9. The van der Waals surface area contributed by atoms with E-state index in [4.69, 9.17) is 0 Å². The molecule has 2 amide bonds. The molecular weight excluding hydrogens is 285 g/mol. The van der Waals surface area contributed by atoms with Crippen LogP contribution in [0.2, 0.25) is 0 Å². The number of rotatable bonds is 4. The molecule has 0 spiro atoms. The van der Waals surface area contributed by atoms with E-state index in [1.165, 1.54) is 11.9 Å². The third-order valence-electron chi connectivity index (χ3n) is 4.05. The van der Waals surface area contributed by atoms with Crippen molar-refractivity contribution in [2.24, 2.45) is 5.92 Å². The molecule has 118 valence electrons. The average Bonchev–Trinajstić information content (AvgIpc) is 2.98. The Morgan fingerprint density at radius 1 is 1.43 bits per heavy atom. The highest BCUT2D eigenvalue weighted by Gasteiger charge is 2.41. The molecule has 0 N–H and O–H groups in total. The lowest BCUT2D eigenvalue weighted by atomic mass is 10.0. The summed E-state index contributed by atoms with van der Waals surface area (Å²) in [6, 6.07) is -0.759. The van der Waals surface area contributed by atoms with E-state index >= 15 is 0 Å². The fourth-order valence-electron chi connectivity index (χ4n) is 2.86. The molecule has 0 aromatic rings. The van der Waals surface area contributed by atoms with Crippen molar-refractivity contribution in [3.05, 3.63) is 12.2 Å². The second kappa shape index (κ2) is 6.07. The van der Waals surface area contributed by atoms with Gasteiger partial charge in [-0.15, -0.1) is 0 Å². The van der Waals surface area contributed by atoms with Gasteiger partial charge in [-0.1, -0.05) is 12.2 Å². The van der Waals surface area contributed by atoms with Crippen LogP contribution in [0.4, 0.5) is 13.2 Å². The molecule has 0 aromatic heterocycles. The van der Waals surface area contributed by atoms with Crippen molar-refractivity contribution in [2.45, 2.75) is 37.9 Å². The first kappa shape index (κ1) is 15.9. The summed E-state index contributed by atoms with van der Waals surface area (Å²) in [6.45, 7) is -1.19. The van der Waals surface area contributed by atoms with Gasteiger partial charge in [0, 0.05) is 20.0 Å². The maximum Gasteiger partial charge on any atom is 0.406 e. The number of alkyl halides is 3. The molecule has 2 rings (SSSR count). The third kappa shape index (κ3) is 3.98. The van der Waals surface area contributed by atoms with Crippen LogP contribution in [0.5, 0.6) is 0 Å². The molecule has 7 heteroatoms. The molecule has 0 unspecified atom stereocenters. The summed E-state index contributed by atoms with van der Waals surface area (Å²) in [5.41, 5.74) is 0. The molecule has 1 fully saturated rings. The predicted octanol–water partition coefficient (Wildman–Crippen LogP) is 1.96. The summed E-state index contributed by atoms with van der Waals surface area (Å²) >= 11 is 0. The number of carbonyl (C=O) groups excluding carboxylic acids is 2. The van der Waals surface area contributed by atoms with E-state index in [9.17, 15) is 22.8 Å². The minimum Gasteiger partial charge on any atom is -0.334 e. The Bertz CT molecular complexity index is 448. The summed E-state index contributed by atoms with van der Waals surface area (Å²) in [7, 11) is 1.50. The second-order valence-corrected chi connectivity index (χ2v) is 5.65. The van der Waals surface area contributed by atoms with Gasteiger partial charge in [-0.3, -0.25) is 9.59 Å². The first-order valence-corrected chi connectivity index (χ1v) is 7.06. The minimum absolute atomic E-state index is 0.0456. The molecule has 0 radical (unpaired) electrons. The molecule has 1 aliphatic carbocycles. The van der Waals surface area contributed by atoms with E-state index in [0.717, 1.165) is 17.7 Å². The van der Waals surface area contributed by atoms with Gasteiger partial charge in [0.05, 0.1) is 0 Å². The number of likely N-dealkylation sites (tertiary alicyclic amines) is 1. The molecule has 0 bridgehead atoms. The number of amides is 2. The molecular formula is C14H19F3N2O2. The van der Waals surface area contributed by atoms with Crippen molar-refractivity contribution in [3.8, 4) is 0 Å². The predicted molar refractivity (Wildman–Crippen MR) is 70.3 cm³/mol. The van der Waals surface area contributed by atoms with E-state index in [2.05, 4.69) is 0 Å². The molecule has 1 heterocycles. The van der Waals surface area contributed by atoms with Crippen LogP contribution in [-0.2, 0) is 9.59 Å². The minimum atomic E-state index is -4.40. The summed E-state index contributed by atoms with van der Waals surface area (Å²) in [6.07, 6.45) is 2.04. The number of hydrogen-bond donors (Lipinski definition) is 0. The largest absolute Gasteiger partial charge is 0.406 e. The molecule has 1 aliphatic heterocycles. The number of halogens is 3. The second-order valence-electron chi connectivity index (χ2n) is 5.65. The van der Waals surface area contributed by atoms with Crippen LogP contribution < -0.4 is 0 Å². The first-order chi connectivity index (χ1) is 9.78. The van der Waals surface area contributed by atoms with Crippen molar-refractivity contribution in [3.63, 3.8) is 0 Å². The lowest BCUT2D eigenvalue weighted by Gasteiger charge is -2.25. The van der Waals surface area contributed by atoms with Gasteiger partial charge in [0.25, 0.3) is 0 Å². The van der Waals surface area contributed by atoms with Gasteiger partial charge in [-0.05, 0) is 25.2 Å². The molecule has 2 aliphatic rings. The van der Waals surface area contributed by atoms with Gasteiger partial charge in [0.2, 0.25) is 11.8 Å². The van der Waals surface area contributed by atoms with Gasteiger partial charge in [-0.25, -0.2) is 0 Å². The fraction of sp³-hybridized carbons (Fsp3) is 0.714. The van der Waals surface area contributed by atoms with E-state index < -0.39 is 24.7 Å². The summed E-state index contributed by atoms with van der Waals surface area (Å²) in [5.74, 6) is -0.605. The van der Waals surface area contributed by atoms with Crippen molar-refractivity contribution >= 4 is 11.8 Å². The lowest BCUT2D eigenvalue weighted by Crippen LogP contribution is -2.45. The summed E-state index contributed by atoms with van der Waals surface area (Å²) in [5, 5.41) is 0. The first-order valence-electron chi connectivity index (χ1n) is 7.06. The SMILES string of the molecule is CN(C(=O)C[C@@H]1C=CCC1)[C@H]1CCN(CC(F)(F)F)C1=O. The maximum atomic E-state index is 12.4. The van der Waals surface area contributed by atoms with Crippen molar-refractivity contribution < 1.29 is 22.8 Å². The molecule has 2 atom stereocenters. The Balaban J connectivity index is 1.90. The maximum absolute atomic E-state index is 12.4. The van der Waals surface area contributed by atoms with Crippen LogP contribution in [0.15, 0.2) is 12.2 Å². The van der Waals surface area contributed by atoms with Gasteiger partial charge in [0.1, 0.15) is 12.6 Å². The van der Waals surface area contributed by atoms with E-state index in [1.54, 1.807) is 0 Å². The van der Waals surface area contributed by atoms with Crippen LogP contribution in [-0.4, -0.2) is 54.0 Å². The number of allylic oxidation sites excluding steroid dienone is 2. The zero-order chi connectivity index (χ0) is 15.6. The number of carbonyl (C=O) groups is 2. The molecule has 21 heavy (non-hydrogen) atoms. The highest BCUT2D eigenvalue weighted by molar-refractivity contribution is 5.89. The average molecular weight is 304 g/mol. The number of likely N-dealkylation sites (N-methyl/N-ethyl adjacent to an activating group) is 1. The van der Waals surface area contributed by atoms with Crippen molar-refractivity contribution in [2.75, 3.05) is 20.1 Å². The van der Waals surface area contributed by atoms with E-state index in [1.807, 2.05) is 12.2 Å². The van der Waals surface area contributed by atoms with Gasteiger partial charge in [0.15, 0.2) is 0 Å². The third-order valence-corrected chi connectivity index (χ3v) is 4.05. The highest BCUT2D eigenvalue weighted by Crippen LogP contribution is 2.25. The van der Waals surface area contributed by atoms with Crippen LogP contribution in [0.25, 0.3) is 0 Å². The van der Waals surface area contributed by atoms with Crippen LogP contribution in [0.1, 0.15) is 25.7 Å². The Labute approximate surface area is 121 Å². The molecule has 4 nitrogen and oxygen atoms in total. The molecule has 0 aromatic carbocycles. The standard InChI is InChI=1S/C14H19F3N2O2/c1-18(12(20)8-10-4-2-3-5-10)11-6-7-19(13(11)21)9-14(15,16)17/h2,4,10-11H,3,5-9H2,1H3/t10-,11+/m1/s1. The van der Waals surface area contributed by atoms with E-state index in [0.29, 0.717) is 6.42 Å². The van der Waals surface area contributed by atoms with Crippen molar-refractivity contribution in [1.29, 1.82) is 0 Å². The van der Waals surface area contributed by atoms with Gasteiger partial charge >= 0.3 is 6.18 Å². The number of hydrogen-bond acceptors (Lipinski definition) is 2. The Kier molecular flexibility index (Phi) is 4.58. The van der Waals surface area contributed by atoms with Gasteiger partial charge < -0.3 is 9.80 Å². The number of nitrogens with zero attached hydrogens (tertiary/aromatic N) is 2. The Hall–Kier alpha value is -1.53. The Morgan fingerprint density at radius 3 is 2.71 bits per heavy atom. The quantitative estimate of drug-likeness (QED) is 0.745. The zero-order valence-corrected chi connectivity index (χ0v) is 11.9. The van der Waals surface area contributed by atoms with Gasteiger partial charge in [-0.2, -0.15) is 13.2 Å². The monoisotopic (exact) mass is 304 g/mol.